The van der Waals surface area contributed by atoms with Gasteiger partial charge < -0.3 is 14.7 Å². The van der Waals surface area contributed by atoms with Crippen LogP contribution in [0.1, 0.15) is 24.6 Å². The summed E-state index contributed by atoms with van der Waals surface area (Å²) in [6, 6.07) is 3.74. The summed E-state index contributed by atoms with van der Waals surface area (Å²) in [5, 5.41) is 9.16. The van der Waals surface area contributed by atoms with Crippen LogP contribution in [0, 0.1) is 0 Å². The van der Waals surface area contributed by atoms with Gasteiger partial charge in [-0.15, -0.1) is 11.3 Å². The van der Waals surface area contributed by atoms with Gasteiger partial charge in [0.15, 0.2) is 0 Å². The summed E-state index contributed by atoms with van der Waals surface area (Å²) in [5.41, 5.74) is 0. The van der Waals surface area contributed by atoms with Crippen molar-refractivity contribution in [3.05, 3.63) is 21.3 Å². The van der Waals surface area contributed by atoms with E-state index in [1.807, 2.05) is 26.0 Å². The lowest BCUT2D eigenvalue weighted by atomic mass is 10.1. The van der Waals surface area contributed by atoms with Crippen molar-refractivity contribution in [3.8, 4) is 0 Å². The summed E-state index contributed by atoms with van der Waals surface area (Å²) < 4.78 is 6.14. The van der Waals surface area contributed by atoms with Crippen LogP contribution in [0.3, 0.4) is 0 Å². The van der Waals surface area contributed by atoms with Gasteiger partial charge in [0.05, 0.1) is 35.6 Å². The number of carbonyl (C=O) groups is 1. The van der Waals surface area contributed by atoms with Crippen LogP contribution in [-0.4, -0.2) is 47.8 Å². The third-order valence-corrected chi connectivity index (χ3v) is 4.80. The van der Waals surface area contributed by atoms with Crippen molar-refractivity contribution in [2.45, 2.75) is 31.9 Å². The molecular formula is C13H18ClNO3S. The number of halogens is 1. The maximum atomic E-state index is 12.5. The number of carbonyl (C=O) groups excluding carboxylic acids is 1. The van der Waals surface area contributed by atoms with Gasteiger partial charge >= 0.3 is 0 Å². The lowest BCUT2D eigenvalue weighted by molar-refractivity contribution is -0.147. The Morgan fingerprint density at radius 2 is 2.42 bits per heavy atom. The summed E-state index contributed by atoms with van der Waals surface area (Å²) in [6.07, 6.45) is -0.278. The van der Waals surface area contributed by atoms with Crippen molar-refractivity contribution < 1.29 is 14.6 Å². The Bertz CT molecular complexity index is 451. The van der Waals surface area contributed by atoms with E-state index in [0.717, 1.165) is 4.88 Å². The largest absolute Gasteiger partial charge is 0.394 e. The van der Waals surface area contributed by atoms with Crippen molar-refractivity contribution in [1.82, 2.24) is 4.90 Å². The highest BCUT2D eigenvalue weighted by Gasteiger charge is 2.32. The average Bonchev–Trinajstić information content (AvgIpc) is 2.84. The second-order valence-electron chi connectivity index (χ2n) is 4.84. The zero-order valence-corrected chi connectivity index (χ0v) is 12.6. The van der Waals surface area contributed by atoms with E-state index in [-0.39, 0.29) is 30.6 Å². The molecule has 3 atom stereocenters. The minimum atomic E-state index is -0.278. The molecule has 1 aromatic heterocycles. The van der Waals surface area contributed by atoms with Gasteiger partial charge in [0.25, 0.3) is 0 Å². The van der Waals surface area contributed by atoms with Crippen LogP contribution in [-0.2, 0) is 9.53 Å². The molecule has 1 aromatic rings. The Morgan fingerprint density at radius 1 is 1.68 bits per heavy atom. The molecule has 1 amide bonds. The van der Waals surface area contributed by atoms with Crippen LogP contribution in [0.4, 0.5) is 0 Å². The van der Waals surface area contributed by atoms with Crippen molar-refractivity contribution in [2.75, 3.05) is 19.8 Å². The molecule has 106 valence electrons. The second-order valence-corrected chi connectivity index (χ2v) is 6.59. The molecule has 0 unspecified atom stereocenters. The van der Waals surface area contributed by atoms with Gasteiger partial charge in [-0.1, -0.05) is 11.6 Å². The van der Waals surface area contributed by atoms with Crippen LogP contribution in [0.5, 0.6) is 0 Å². The molecule has 0 aliphatic carbocycles. The minimum Gasteiger partial charge on any atom is -0.394 e. The molecule has 1 aliphatic rings. The van der Waals surface area contributed by atoms with Crippen LogP contribution >= 0.6 is 22.9 Å². The van der Waals surface area contributed by atoms with Gasteiger partial charge in [0.2, 0.25) is 5.91 Å². The number of rotatable bonds is 3. The van der Waals surface area contributed by atoms with Crippen LogP contribution in [0.2, 0.25) is 4.34 Å². The molecule has 0 aromatic carbocycles. The molecule has 1 N–H and O–H groups in total. The predicted molar refractivity (Wildman–Crippen MR) is 75.7 cm³/mol. The number of hydrogen-bond acceptors (Lipinski definition) is 4. The van der Waals surface area contributed by atoms with Gasteiger partial charge in [-0.2, -0.15) is 0 Å². The van der Waals surface area contributed by atoms with Crippen molar-refractivity contribution in [2.24, 2.45) is 0 Å². The van der Waals surface area contributed by atoms with E-state index in [0.29, 0.717) is 17.5 Å². The van der Waals surface area contributed by atoms with Crippen molar-refractivity contribution in [1.29, 1.82) is 0 Å². The van der Waals surface area contributed by atoms with Crippen LogP contribution in [0.15, 0.2) is 12.1 Å². The second kappa shape index (κ2) is 6.22. The van der Waals surface area contributed by atoms with E-state index in [2.05, 4.69) is 0 Å². The molecule has 1 saturated heterocycles. The third kappa shape index (κ3) is 3.28. The monoisotopic (exact) mass is 303 g/mol. The molecule has 0 saturated carbocycles. The molecule has 2 rings (SSSR count). The predicted octanol–water partition coefficient (Wildman–Crippen LogP) is 2.11. The lowest BCUT2D eigenvalue weighted by Gasteiger charge is -2.38. The Kier molecular flexibility index (Phi) is 4.84. The normalized spacial score (nSPS) is 25.4. The molecule has 1 aliphatic heterocycles. The van der Waals surface area contributed by atoms with Crippen molar-refractivity contribution in [3.63, 3.8) is 0 Å². The summed E-state index contributed by atoms with van der Waals surface area (Å²) in [7, 11) is 0. The molecule has 4 nitrogen and oxygen atoms in total. The van der Waals surface area contributed by atoms with E-state index >= 15 is 0 Å². The van der Waals surface area contributed by atoms with E-state index in [1.165, 1.54) is 11.3 Å². The molecular weight excluding hydrogens is 286 g/mol. The Morgan fingerprint density at radius 3 is 3.00 bits per heavy atom. The number of aliphatic hydroxyl groups is 1. The van der Waals surface area contributed by atoms with Gasteiger partial charge in [-0.05, 0) is 26.0 Å². The first-order chi connectivity index (χ1) is 9.02. The zero-order chi connectivity index (χ0) is 14.0. The van der Waals surface area contributed by atoms with Crippen LogP contribution < -0.4 is 0 Å². The number of morpholine rings is 1. The molecule has 0 radical (unpaired) electrons. The summed E-state index contributed by atoms with van der Waals surface area (Å²) in [6.45, 7) is 4.70. The molecule has 0 spiro atoms. The number of thiophene rings is 1. The highest BCUT2D eigenvalue weighted by molar-refractivity contribution is 7.16. The minimum absolute atomic E-state index is 0.0354. The standard InChI is InChI=1S/C13H18ClNO3S/c1-8-7-18-10(6-16)5-15(8)13(17)9(2)11-3-4-12(14)19-11/h3-4,8-10,16H,5-7H2,1-2H3/t8-,9+,10-/m1/s1. The summed E-state index contributed by atoms with van der Waals surface area (Å²) in [5.74, 6) is -0.148. The first-order valence-electron chi connectivity index (χ1n) is 6.31. The van der Waals surface area contributed by atoms with Gasteiger partial charge in [-0.25, -0.2) is 0 Å². The Balaban J connectivity index is 2.09. The van der Waals surface area contributed by atoms with Crippen LogP contribution in [0.25, 0.3) is 0 Å². The number of nitrogens with zero attached hydrogens (tertiary/aromatic N) is 1. The highest BCUT2D eigenvalue weighted by Crippen LogP contribution is 2.30. The number of aliphatic hydroxyl groups excluding tert-OH is 1. The average molecular weight is 304 g/mol. The summed E-state index contributed by atoms with van der Waals surface area (Å²) in [4.78, 5) is 15.3. The van der Waals surface area contributed by atoms with E-state index in [9.17, 15) is 4.79 Å². The first-order valence-corrected chi connectivity index (χ1v) is 7.50. The fourth-order valence-corrected chi connectivity index (χ4v) is 3.27. The van der Waals surface area contributed by atoms with E-state index in [4.69, 9.17) is 21.4 Å². The van der Waals surface area contributed by atoms with E-state index < -0.39 is 0 Å². The quantitative estimate of drug-likeness (QED) is 0.930. The molecule has 6 heteroatoms. The topological polar surface area (TPSA) is 49.8 Å². The summed E-state index contributed by atoms with van der Waals surface area (Å²) >= 11 is 7.34. The maximum Gasteiger partial charge on any atom is 0.231 e. The Labute approximate surface area is 121 Å². The molecule has 19 heavy (non-hydrogen) atoms. The molecule has 1 fully saturated rings. The SMILES string of the molecule is C[C@H](C(=O)N1C[C@H](CO)OC[C@H]1C)c1ccc(Cl)s1. The fourth-order valence-electron chi connectivity index (χ4n) is 2.17. The molecule has 0 bridgehead atoms. The fraction of sp³-hybridized carbons (Fsp3) is 0.615. The number of hydrogen-bond donors (Lipinski definition) is 1. The number of amides is 1. The first kappa shape index (κ1) is 14.8. The Hall–Kier alpha value is -0.620. The number of ether oxygens (including phenoxy) is 1. The zero-order valence-electron chi connectivity index (χ0n) is 11.0. The highest BCUT2D eigenvalue weighted by atomic mass is 35.5. The van der Waals surface area contributed by atoms with Gasteiger partial charge in [-0.3, -0.25) is 4.79 Å². The lowest BCUT2D eigenvalue weighted by Crippen LogP contribution is -2.53. The molecule has 2 heterocycles. The van der Waals surface area contributed by atoms with Crippen molar-refractivity contribution >= 4 is 28.8 Å². The maximum absolute atomic E-state index is 12.5. The third-order valence-electron chi connectivity index (χ3n) is 3.38. The van der Waals surface area contributed by atoms with E-state index in [1.54, 1.807) is 4.90 Å². The smallest absolute Gasteiger partial charge is 0.231 e. The van der Waals surface area contributed by atoms with Gasteiger partial charge in [0.1, 0.15) is 0 Å². The van der Waals surface area contributed by atoms with Gasteiger partial charge in [0, 0.05) is 11.4 Å².